The summed E-state index contributed by atoms with van der Waals surface area (Å²) in [7, 11) is -0.964. The Bertz CT molecular complexity index is 1040. The predicted molar refractivity (Wildman–Crippen MR) is 168 cm³/mol. The molecule has 0 atom stereocenters. The van der Waals surface area contributed by atoms with Crippen molar-refractivity contribution in [2.75, 3.05) is 0 Å². The summed E-state index contributed by atoms with van der Waals surface area (Å²) in [6, 6.07) is 35.0. The molecule has 2 heteroatoms. The molecule has 1 aliphatic rings. The van der Waals surface area contributed by atoms with E-state index in [9.17, 15) is 0 Å². The molecule has 0 nitrogen and oxygen atoms in total. The van der Waals surface area contributed by atoms with Crippen LogP contribution in [0.15, 0.2) is 97.1 Å². The minimum absolute atomic E-state index is 0. The van der Waals surface area contributed by atoms with Gasteiger partial charge in [0.15, 0.2) is 0 Å². The zero-order valence-electron chi connectivity index (χ0n) is 24.1. The van der Waals surface area contributed by atoms with Crippen LogP contribution in [-0.4, -0.2) is 8.07 Å². The predicted octanol–water partition coefficient (Wildman–Crippen LogP) is 10.0. The standard InChI is InChI=1S/C15H25Si.3C7H7.Ti/c1-5-16(3,4)11-14-10-13-8-6-7-9-15(13)12(14)2;3*1-7-5-3-2-4-6-7;/h10H,5-9,11H2,1-4H3;3*2-6H,1H2;/q4*-1;+4. The fourth-order valence-electron chi connectivity index (χ4n) is 4.29. The average Bonchev–Trinajstić information content (AvgIpc) is 3.21. The molecule has 0 heterocycles. The van der Waals surface area contributed by atoms with Crippen LogP contribution in [0.4, 0.5) is 0 Å². The molecule has 0 N–H and O–H groups in total. The summed E-state index contributed by atoms with van der Waals surface area (Å²) < 4.78 is 0. The SMILES string of the molecule is CC[Si](C)(C)Cc1cc2c([c-]1C)CCCC2.[CH2-]c1ccccc1.[CH2-]c1ccccc1.[CH2-]c1ccccc1.[Ti+4]. The smallest absolute Gasteiger partial charge is 0.207 e. The largest absolute Gasteiger partial charge is 4.00 e. The van der Waals surface area contributed by atoms with Gasteiger partial charge in [-0.05, 0) is 0 Å². The van der Waals surface area contributed by atoms with Crippen LogP contribution < -0.4 is 0 Å². The molecule has 4 aromatic carbocycles. The van der Waals surface area contributed by atoms with Gasteiger partial charge in [0.2, 0.25) is 0 Å². The van der Waals surface area contributed by atoms with Crippen molar-refractivity contribution in [3.63, 3.8) is 0 Å². The number of rotatable bonds is 3. The first kappa shape index (κ1) is 33.6. The molecule has 0 amide bonds. The number of hydrogen-bond acceptors (Lipinski definition) is 0. The van der Waals surface area contributed by atoms with Crippen molar-refractivity contribution < 1.29 is 21.7 Å². The van der Waals surface area contributed by atoms with Crippen molar-refractivity contribution in [2.24, 2.45) is 0 Å². The van der Waals surface area contributed by atoms with E-state index < -0.39 is 8.07 Å². The Morgan fingerprint density at radius 2 is 1.08 bits per heavy atom. The van der Waals surface area contributed by atoms with Gasteiger partial charge in [-0.3, -0.25) is 0 Å². The zero-order chi connectivity index (χ0) is 27.1. The minimum Gasteiger partial charge on any atom is -0.207 e. The van der Waals surface area contributed by atoms with E-state index in [1.54, 1.807) is 22.3 Å². The van der Waals surface area contributed by atoms with Gasteiger partial charge in [0.05, 0.1) is 0 Å². The van der Waals surface area contributed by atoms with Gasteiger partial charge in [-0.15, -0.1) is 36.4 Å². The quantitative estimate of drug-likeness (QED) is 0.175. The van der Waals surface area contributed by atoms with Gasteiger partial charge >= 0.3 is 21.7 Å². The maximum atomic E-state index is 3.72. The van der Waals surface area contributed by atoms with Gasteiger partial charge < -0.3 is 0 Å². The molecule has 4 aromatic rings. The third kappa shape index (κ3) is 12.9. The van der Waals surface area contributed by atoms with E-state index in [-0.39, 0.29) is 21.7 Å². The Kier molecular flexibility index (Phi) is 15.9. The average molecular weight is 555 g/mol. The van der Waals surface area contributed by atoms with Gasteiger partial charge in [-0.1, -0.05) is 82.9 Å². The molecule has 38 heavy (non-hydrogen) atoms. The Morgan fingerprint density at radius 3 is 1.39 bits per heavy atom. The number of aryl methyl sites for hydroxylation is 1. The van der Waals surface area contributed by atoms with E-state index in [1.165, 1.54) is 37.8 Å². The first-order valence-electron chi connectivity index (χ1n) is 13.6. The van der Waals surface area contributed by atoms with Crippen molar-refractivity contribution >= 4 is 8.07 Å². The van der Waals surface area contributed by atoms with Crippen LogP contribution in [0.3, 0.4) is 0 Å². The third-order valence-electron chi connectivity index (χ3n) is 6.95. The fraction of sp³-hybridized carbons (Fsp3) is 0.278. The molecule has 1 aliphatic carbocycles. The topological polar surface area (TPSA) is 0 Å². The molecule has 0 saturated carbocycles. The molecule has 0 aliphatic heterocycles. The van der Waals surface area contributed by atoms with Gasteiger partial charge in [-0.2, -0.15) is 96.1 Å². The van der Waals surface area contributed by atoms with Crippen LogP contribution in [-0.2, 0) is 40.6 Å². The summed E-state index contributed by atoms with van der Waals surface area (Å²) in [5.41, 5.74) is 9.93. The van der Waals surface area contributed by atoms with E-state index in [4.69, 9.17) is 0 Å². The van der Waals surface area contributed by atoms with E-state index in [0.717, 1.165) is 16.7 Å². The van der Waals surface area contributed by atoms with Gasteiger partial charge in [0.25, 0.3) is 0 Å². The molecular weight excluding hydrogens is 508 g/mol. The zero-order valence-corrected chi connectivity index (χ0v) is 26.7. The monoisotopic (exact) mass is 554 g/mol. The summed E-state index contributed by atoms with van der Waals surface area (Å²) in [6.45, 7) is 20.9. The van der Waals surface area contributed by atoms with Gasteiger partial charge in [0.1, 0.15) is 0 Å². The van der Waals surface area contributed by atoms with Crippen molar-refractivity contribution in [3.05, 3.63) is 157 Å². The fourth-order valence-corrected chi connectivity index (χ4v) is 5.94. The van der Waals surface area contributed by atoms with Crippen LogP contribution in [0.5, 0.6) is 0 Å². The summed E-state index contributed by atoms with van der Waals surface area (Å²) in [6.07, 6.45) is 5.50. The molecule has 0 saturated heterocycles. The van der Waals surface area contributed by atoms with Gasteiger partial charge in [0, 0.05) is 8.07 Å². The first-order chi connectivity index (χ1) is 17.7. The molecule has 0 unspecified atom stereocenters. The summed E-state index contributed by atoms with van der Waals surface area (Å²) in [5.74, 6) is 0. The van der Waals surface area contributed by atoms with Crippen LogP contribution in [0.1, 0.15) is 58.7 Å². The number of benzene rings is 3. The van der Waals surface area contributed by atoms with Crippen molar-refractivity contribution in [2.45, 2.75) is 64.7 Å². The van der Waals surface area contributed by atoms with E-state index in [0.29, 0.717) is 0 Å². The van der Waals surface area contributed by atoms with Crippen LogP contribution in [0.25, 0.3) is 0 Å². The van der Waals surface area contributed by atoms with Crippen LogP contribution in [0, 0.1) is 27.7 Å². The summed E-state index contributed by atoms with van der Waals surface area (Å²) in [4.78, 5) is 0. The normalized spacial score (nSPS) is 11.6. The van der Waals surface area contributed by atoms with Crippen molar-refractivity contribution in [1.29, 1.82) is 0 Å². The van der Waals surface area contributed by atoms with Crippen LogP contribution in [0.2, 0.25) is 19.1 Å². The Hall–Kier alpha value is -2.45. The van der Waals surface area contributed by atoms with Crippen molar-refractivity contribution in [1.82, 2.24) is 0 Å². The van der Waals surface area contributed by atoms with Gasteiger partial charge in [-0.25, -0.2) is 6.07 Å². The van der Waals surface area contributed by atoms with E-state index in [1.807, 2.05) is 91.0 Å². The molecule has 0 aromatic heterocycles. The Balaban J connectivity index is 0.000000276. The molecular formula is C36H46SiTi. The second-order valence-corrected chi connectivity index (χ2v) is 16.0. The molecule has 0 spiro atoms. The molecule has 5 rings (SSSR count). The molecule has 0 bridgehead atoms. The molecule has 0 radical (unpaired) electrons. The summed E-state index contributed by atoms with van der Waals surface area (Å²) in [5, 5.41) is 0. The van der Waals surface area contributed by atoms with Crippen molar-refractivity contribution in [3.8, 4) is 0 Å². The second kappa shape index (κ2) is 17.9. The number of fused-ring (bicyclic) bond motifs is 1. The second-order valence-electron chi connectivity index (χ2n) is 10.7. The Morgan fingerprint density at radius 1 is 0.684 bits per heavy atom. The van der Waals surface area contributed by atoms with Crippen LogP contribution >= 0.6 is 0 Å². The Labute approximate surface area is 250 Å². The molecule has 0 fully saturated rings. The summed E-state index contributed by atoms with van der Waals surface area (Å²) >= 11 is 0. The van der Waals surface area contributed by atoms with E-state index in [2.05, 4.69) is 53.8 Å². The maximum absolute atomic E-state index is 3.72. The number of hydrogen-bond donors (Lipinski definition) is 0. The van der Waals surface area contributed by atoms with E-state index >= 15 is 0 Å². The maximum Gasteiger partial charge on any atom is 4.00 e. The third-order valence-corrected chi connectivity index (χ3v) is 10.2. The first-order valence-corrected chi connectivity index (χ1v) is 17.0. The minimum atomic E-state index is -0.964. The molecule has 198 valence electrons.